The average molecular weight is 746 g/mol. The van der Waals surface area contributed by atoms with Crippen LogP contribution in [0.3, 0.4) is 0 Å². The van der Waals surface area contributed by atoms with Gasteiger partial charge in [0.15, 0.2) is 0 Å². The van der Waals surface area contributed by atoms with E-state index in [2.05, 4.69) is 31.3 Å². The Morgan fingerprint density at radius 1 is 0.434 bits per heavy atom. The molecule has 0 spiro atoms. The molecule has 0 rings (SSSR count). The van der Waals surface area contributed by atoms with E-state index >= 15 is 0 Å². The molecule has 4 heteroatoms. The first-order valence-electron chi connectivity index (χ1n) is 24.1. The number of unbranched alkanes of at least 4 members (excludes halogenated alkanes) is 35. The first-order valence-corrected chi connectivity index (χ1v) is 24.1. The van der Waals surface area contributed by atoms with Crippen molar-refractivity contribution in [3.63, 3.8) is 0 Å². The first-order chi connectivity index (χ1) is 26.2. The quantitative estimate of drug-likeness (QED) is 0.0430. The van der Waals surface area contributed by atoms with Gasteiger partial charge in [-0.1, -0.05) is 250 Å². The van der Waals surface area contributed by atoms with Gasteiger partial charge in [0.1, 0.15) is 0 Å². The molecule has 0 bridgehead atoms. The van der Waals surface area contributed by atoms with Crippen molar-refractivity contribution in [2.45, 2.75) is 276 Å². The van der Waals surface area contributed by atoms with E-state index in [1.807, 2.05) is 6.08 Å². The molecule has 1 amide bonds. The van der Waals surface area contributed by atoms with E-state index in [0.717, 1.165) is 32.1 Å². The van der Waals surface area contributed by atoms with Crippen LogP contribution in [0.5, 0.6) is 0 Å². The molecule has 0 radical (unpaired) electrons. The van der Waals surface area contributed by atoms with E-state index in [-0.39, 0.29) is 12.5 Å². The standard InChI is InChI=1S/C49H95NO3/c1-3-5-7-9-11-13-15-16-17-18-19-20-21-22-23-24-25-26-27-28-29-30-31-32-33-35-36-38-40-42-44-48(52)47(46-51)50-49(53)45-43-41-39-37-34-14-12-10-8-6-4-2/h35-36,42,44,47-48,51-52H,3-34,37-41,43,45-46H2,1-2H3,(H,50,53)/b36-35+,44-42+. The van der Waals surface area contributed by atoms with Crippen LogP contribution in [-0.2, 0) is 4.79 Å². The van der Waals surface area contributed by atoms with Crippen LogP contribution in [0, 0.1) is 0 Å². The lowest BCUT2D eigenvalue weighted by atomic mass is 10.0. The van der Waals surface area contributed by atoms with Crippen LogP contribution in [0.25, 0.3) is 0 Å². The number of hydrogen-bond acceptors (Lipinski definition) is 3. The summed E-state index contributed by atoms with van der Waals surface area (Å²) in [6, 6.07) is -0.634. The molecule has 0 saturated heterocycles. The van der Waals surface area contributed by atoms with Gasteiger partial charge in [-0.05, 0) is 32.1 Å². The van der Waals surface area contributed by atoms with Gasteiger partial charge in [-0.25, -0.2) is 0 Å². The molecule has 0 aliphatic heterocycles. The van der Waals surface area contributed by atoms with Crippen LogP contribution in [0.1, 0.15) is 264 Å². The second-order valence-electron chi connectivity index (χ2n) is 16.5. The van der Waals surface area contributed by atoms with Gasteiger partial charge in [0.2, 0.25) is 5.91 Å². The topological polar surface area (TPSA) is 69.6 Å². The molecule has 0 fully saturated rings. The molecule has 0 aromatic carbocycles. The molecular weight excluding hydrogens is 651 g/mol. The molecule has 0 aliphatic rings. The third kappa shape index (κ3) is 41.9. The molecule has 0 aliphatic carbocycles. The molecule has 4 nitrogen and oxygen atoms in total. The van der Waals surface area contributed by atoms with Crippen LogP contribution >= 0.6 is 0 Å². The highest BCUT2D eigenvalue weighted by atomic mass is 16.3. The van der Waals surface area contributed by atoms with Crippen LogP contribution in [0.2, 0.25) is 0 Å². The normalized spacial score (nSPS) is 13.1. The summed E-state index contributed by atoms with van der Waals surface area (Å²) in [6.07, 6.45) is 59.0. The number of aliphatic hydroxyl groups excluding tert-OH is 2. The van der Waals surface area contributed by atoms with E-state index in [4.69, 9.17) is 0 Å². The molecule has 53 heavy (non-hydrogen) atoms. The fourth-order valence-corrected chi connectivity index (χ4v) is 7.49. The van der Waals surface area contributed by atoms with Crippen LogP contribution in [0.4, 0.5) is 0 Å². The van der Waals surface area contributed by atoms with E-state index in [1.165, 1.54) is 212 Å². The summed E-state index contributed by atoms with van der Waals surface area (Å²) in [4.78, 5) is 12.3. The van der Waals surface area contributed by atoms with Crippen molar-refractivity contribution in [2.75, 3.05) is 6.61 Å². The Morgan fingerprint density at radius 2 is 0.736 bits per heavy atom. The summed E-state index contributed by atoms with van der Waals surface area (Å²) < 4.78 is 0. The van der Waals surface area contributed by atoms with Crippen molar-refractivity contribution in [3.8, 4) is 0 Å². The van der Waals surface area contributed by atoms with Crippen LogP contribution in [-0.4, -0.2) is 34.9 Å². The second-order valence-corrected chi connectivity index (χ2v) is 16.5. The molecule has 0 aromatic heterocycles. The molecule has 3 N–H and O–H groups in total. The van der Waals surface area contributed by atoms with Gasteiger partial charge in [-0.3, -0.25) is 4.79 Å². The smallest absolute Gasteiger partial charge is 0.220 e. The van der Waals surface area contributed by atoms with Crippen molar-refractivity contribution in [1.82, 2.24) is 5.32 Å². The number of carbonyl (C=O) groups excluding carboxylic acids is 1. The summed E-state index contributed by atoms with van der Waals surface area (Å²) >= 11 is 0. The zero-order chi connectivity index (χ0) is 38.6. The van der Waals surface area contributed by atoms with E-state index in [0.29, 0.717) is 6.42 Å². The molecule has 314 valence electrons. The Hall–Kier alpha value is -1.13. The lowest BCUT2D eigenvalue weighted by molar-refractivity contribution is -0.123. The van der Waals surface area contributed by atoms with Gasteiger partial charge in [0, 0.05) is 6.42 Å². The Labute approximate surface area is 332 Å². The minimum Gasteiger partial charge on any atom is -0.394 e. The highest BCUT2D eigenvalue weighted by Gasteiger charge is 2.17. The Kier molecular flexibility index (Phi) is 44.3. The Bertz CT molecular complexity index is 765. The summed E-state index contributed by atoms with van der Waals surface area (Å²) in [5.74, 6) is -0.0731. The van der Waals surface area contributed by atoms with Gasteiger partial charge >= 0.3 is 0 Å². The summed E-state index contributed by atoms with van der Waals surface area (Å²) in [7, 11) is 0. The summed E-state index contributed by atoms with van der Waals surface area (Å²) in [5, 5.41) is 23.0. The molecule has 0 saturated carbocycles. The Morgan fingerprint density at radius 3 is 1.09 bits per heavy atom. The number of allylic oxidation sites excluding steroid dienone is 3. The minimum absolute atomic E-state index is 0.0731. The zero-order valence-corrected chi connectivity index (χ0v) is 36.1. The van der Waals surface area contributed by atoms with Gasteiger partial charge < -0.3 is 15.5 Å². The highest BCUT2D eigenvalue weighted by molar-refractivity contribution is 5.76. The fraction of sp³-hybridized carbons (Fsp3) is 0.898. The van der Waals surface area contributed by atoms with Crippen LogP contribution in [0.15, 0.2) is 24.3 Å². The number of rotatable bonds is 44. The first kappa shape index (κ1) is 51.9. The zero-order valence-electron chi connectivity index (χ0n) is 36.1. The van der Waals surface area contributed by atoms with Gasteiger partial charge in [0.05, 0.1) is 18.8 Å². The predicted molar refractivity (Wildman–Crippen MR) is 235 cm³/mol. The fourth-order valence-electron chi connectivity index (χ4n) is 7.49. The third-order valence-electron chi connectivity index (χ3n) is 11.2. The molecule has 2 atom stereocenters. The average Bonchev–Trinajstić information content (AvgIpc) is 3.16. The van der Waals surface area contributed by atoms with Crippen molar-refractivity contribution in [2.24, 2.45) is 0 Å². The molecule has 2 unspecified atom stereocenters. The van der Waals surface area contributed by atoms with E-state index < -0.39 is 12.1 Å². The number of amides is 1. The maximum absolute atomic E-state index is 12.3. The summed E-state index contributed by atoms with van der Waals surface area (Å²) in [5.41, 5.74) is 0. The lowest BCUT2D eigenvalue weighted by Crippen LogP contribution is -2.45. The molecular formula is C49H95NO3. The largest absolute Gasteiger partial charge is 0.394 e. The highest BCUT2D eigenvalue weighted by Crippen LogP contribution is 2.16. The third-order valence-corrected chi connectivity index (χ3v) is 11.2. The van der Waals surface area contributed by atoms with Crippen molar-refractivity contribution in [3.05, 3.63) is 24.3 Å². The summed E-state index contributed by atoms with van der Waals surface area (Å²) in [6.45, 7) is 4.30. The van der Waals surface area contributed by atoms with E-state index in [1.54, 1.807) is 6.08 Å². The van der Waals surface area contributed by atoms with Gasteiger partial charge in [-0.2, -0.15) is 0 Å². The maximum Gasteiger partial charge on any atom is 0.220 e. The maximum atomic E-state index is 12.3. The van der Waals surface area contributed by atoms with Gasteiger partial charge in [-0.15, -0.1) is 0 Å². The lowest BCUT2D eigenvalue weighted by Gasteiger charge is -2.19. The molecule has 0 aromatic rings. The minimum atomic E-state index is -0.857. The number of aliphatic hydroxyl groups is 2. The van der Waals surface area contributed by atoms with E-state index in [9.17, 15) is 15.0 Å². The van der Waals surface area contributed by atoms with Crippen molar-refractivity contribution in [1.29, 1.82) is 0 Å². The number of hydrogen-bond donors (Lipinski definition) is 3. The Balaban J connectivity index is 3.48. The number of carbonyl (C=O) groups is 1. The molecule has 0 heterocycles. The van der Waals surface area contributed by atoms with Crippen molar-refractivity contribution < 1.29 is 15.0 Å². The number of nitrogens with one attached hydrogen (secondary N) is 1. The SMILES string of the molecule is CCCCCCCCCCCCCCCCCCCCCCCCCC/C=C/CC/C=C/C(O)C(CO)NC(=O)CCCCCCCCCCCCC. The van der Waals surface area contributed by atoms with Crippen LogP contribution < -0.4 is 5.32 Å². The monoisotopic (exact) mass is 746 g/mol. The van der Waals surface area contributed by atoms with Gasteiger partial charge in [0.25, 0.3) is 0 Å². The second kappa shape index (κ2) is 45.3. The predicted octanol–water partition coefficient (Wildman–Crippen LogP) is 15.2. The van der Waals surface area contributed by atoms with Crippen molar-refractivity contribution >= 4 is 5.91 Å².